The van der Waals surface area contributed by atoms with Gasteiger partial charge in [-0.25, -0.2) is 0 Å². The number of rotatable bonds is 5. The summed E-state index contributed by atoms with van der Waals surface area (Å²) >= 11 is 0. The van der Waals surface area contributed by atoms with Gasteiger partial charge in [-0.1, -0.05) is 48.9 Å². The maximum atomic E-state index is 6.15. The molecule has 0 heterocycles. The molecule has 2 aromatic rings. The van der Waals surface area contributed by atoms with Crippen LogP contribution < -0.4 is 4.74 Å². The van der Waals surface area contributed by atoms with Crippen molar-refractivity contribution >= 4 is 0 Å². The van der Waals surface area contributed by atoms with Gasteiger partial charge in [0.25, 0.3) is 0 Å². The number of hydrogen-bond acceptors (Lipinski definition) is 1. The minimum absolute atomic E-state index is 0.433. The van der Waals surface area contributed by atoms with E-state index in [2.05, 4.69) is 54.6 Å². The summed E-state index contributed by atoms with van der Waals surface area (Å²) in [7, 11) is 0. The second-order valence-corrected chi connectivity index (χ2v) is 6.01. The SMILES string of the molecule is c1ccc(CCc2cccc(OC3CCCCC3)c2)cc1. The highest BCUT2D eigenvalue weighted by molar-refractivity contribution is 5.29. The van der Waals surface area contributed by atoms with Crippen molar-refractivity contribution < 1.29 is 4.74 Å². The number of benzene rings is 2. The number of aryl methyl sites for hydroxylation is 2. The molecule has 1 heteroatoms. The van der Waals surface area contributed by atoms with E-state index in [0.717, 1.165) is 18.6 Å². The molecule has 0 aliphatic heterocycles. The van der Waals surface area contributed by atoms with Gasteiger partial charge in [-0.3, -0.25) is 0 Å². The molecule has 1 nitrogen and oxygen atoms in total. The Morgan fingerprint density at radius 3 is 2.29 bits per heavy atom. The van der Waals surface area contributed by atoms with Crippen LogP contribution in [0.5, 0.6) is 5.75 Å². The van der Waals surface area contributed by atoms with Crippen LogP contribution in [0.3, 0.4) is 0 Å². The molecule has 3 rings (SSSR count). The molecule has 0 bridgehead atoms. The Hall–Kier alpha value is -1.76. The predicted molar refractivity (Wildman–Crippen MR) is 87.8 cm³/mol. The third kappa shape index (κ3) is 4.35. The Morgan fingerprint density at radius 2 is 1.48 bits per heavy atom. The number of hydrogen-bond donors (Lipinski definition) is 0. The van der Waals surface area contributed by atoms with Crippen LogP contribution in [-0.4, -0.2) is 6.10 Å². The summed E-state index contributed by atoms with van der Waals surface area (Å²) < 4.78 is 6.15. The third-order valence-corrected chi connectivity index (χ3v) is 4.30. The van der Waals surface area contributed by atoms with Crippen LogP contribution in [-0.2, 0) is 12.8 Å². The van der Waals surface area contributed by atoms with E-state index in [1.807, 2.05) is 0 Å². The lowest BCUT2D eigenvalue weighted by Crippen LogP contribution is -2.19. The molecule has 1 aliphatic carbocycles. The Kier molecular flexibility index (Phi) is 4.94. The summed E-state index contributed by atoms with van der Waals surface area (Å²) in [5.74, 6) is 1.05. The van der Waals surface area contributed by atoms with Crippen molar-refractivity contribution in [3.05, 3.63) is 65.7 Å². The van der Waals surface area contributed by atoms with Gasteiger partial charge in [0.15, 0.2) is 0 Å². The fourth-order valence-corrected chi connectivity index (χ4v) is 3.08. The van der Waals surface area contributed by atoms with Gasteiger partial charge in [-0.2, -0.15) is 0 Å². The lowest BCUT2D eigenvalue weighted by atomic mass is 9.98. The zero-order chi connectivity index (χ0) is 14.3. The minimum atomic E-state index is 0.433. The predicted octanol–water partition coefficient (Wildman–Crippen LogP) is 5.18. The van der Waals surface area contributed by atoms with E-state index < -0.39 is 0 Å². The second kappa shape index (κ2) is 7.31. The van der Waals surface area contributed by atoms with Crippen LogP contribution in [0.1, 0.15) is 43.2 Å². The Morgan fingerprint density at radius 1 is 0.762 bits per heavy atom. The van der Waals surface area contributed by atoms with Crippen LogP contribution in [0, 0.1) is 0 Å². The van der Waals surface area contributed by atoms with Crippen molar-refractivity contribution in [1.29, 1.82) is 0 Å². The first-order valence-corrected chi connectivity index (χ1v) is 8.20. The fraction of sp³-hybridized carbons (Fsp3) is 0.400. The molecule has 21 heavy (non-hydrogen) atoms. The zero-order valence-electron chi connectivity index (χ0n) is 12.6. The van der Waals surface area contributed by atoms with Crippen molar-refractivity contribution in [3.8, 4) is 5.75 Å². The van der Waals surface area contributed by atoms with Gasteiger partial charge in [-0.15, -0.1) is 0 Å². The summed E-state index contributed by atoms with van der Waals surface area (Å²) in [4.78, 5) is 0. The standard InChI is InChI=1S/C20H24O/c1-3-8-17(9-4-1)14-15-18-10-7-13-20(16-18)21-19-11-5-2-6-12-19/h1,3-4,7-10,13,16,19H,2,5-6,11-12,14-15H2. The minimum Gasteiger partial charge on any atom is -0.490 e. The highest BCUT2D eigenvalue weighted by atomic mass is 16.5. The van der Waals surface area contributed by atoms with Crippen LogP contribution in [0.2, 0.25) is 0 Å². The fourth-order valence-electron chi connectivity index (χ4n) is 3.08. The average molecular weight is 280 g/mol. The second-order valence-electron chi connectivity index (χ2n) is 6.01. The van der Waals surface area contributed by atoms with E-state index >= 15 is 0 Å². The van der Waals surface area contributed by atoms with E-state index in [1.165, 1.54) is 43.2 Å². The molecule has 0 unspecified atom stereocenters. The largest absolute Gasteiger partial charge is 0.490 e. The van der Waals surface area contributed by atoms with Crippen molar-refractivity contribution in [3.63, 3.8) is 0 Å². The summed E-state index contributed by atoms with van der Waals surface area (Å²) in [5, 5.41) is 0. The monoisotopic (exact) mass is 280 g/mol. The first-order chi connectivity index (χ1) is 10.4. The maximum absolute atomic E-state index is 6.15. The summed E-state index contributed by atoms with van der Waals surface area (Å²) in [6, 6.07) is 19.3. The van der Waals surface area contributed by atoms with E-state index in [9.17, 15) is 0 Å². The van der Waals surface area contributed by atoms with Crippen LogP contribution in [0.25, 0.3) is 0 Å². The van der Waals surface area contributed by atoms with Gasteiger partial charge < -0.3 is 4.74 Å². The topological polar surface area (TPSA) is 9.23 Å². The van der Waals surface area contributed by atoms with E-state index in [0.29, 0.717) is 6.10 Å². The Balaban J connectivity index is 1.57. The molecular formula is C20H24O. The zero-order valence-corrected chi connectivity index (χ0v) is 12.6. The van der Waals surface area contributed by atoms with Crippen molar-refractivity contribution in [2.24, 2.45) is 0 Å². The molecule has 1 fully saturated rings. The van der Waals surface area contributed by atoms with Gasteiger partial charge in [0.2, 0.25) is 0 Å². The van der Waals surface area contributed by atoms with Crippen LogP contribution in [0.4, 0.5) is 0 Å². The van der Waals surface area contributed by atoms with Crippen molar-refractivity contribution in [2.75, 3.05) is 0 Å². The third-order valence-electron chi connectivity index (χ3n) is 4.30. The molecule has 0 N–H and O–H groups in total. The molecule has 1 saturated carbocycles. The van der Waals surface area contributed by atoms with E-state index in [1.54, 1.807) is 0 Å². The highest BCUT2D eigenvalue weighted by Crippen LogP contribution is 2.24. The normalized spacial score (nSPS) is 15.8. The molecule has 0 aromatic heterocycles. The molecule has 2 aromatic carbocycles. The smallest absolute Gasteiger partial charge is 0.119 e. The maximum Gasteiger partial charge on any atom is 0.119 e. The van der Waals surface area contributed by atoms with Crippen molar-refractivity contribution in [1.82, 2.24) is 0 Å². The molecule has 0 spiro atoms. The first-order valence-electron chi connectivity index (χ1n) is 8.20. The quantitative estimate of drug-likeness (QED) is 0.733. The summed E-state index contributed by atoms with van der Waals surface area (Å²) in [5.41, 5.74) is 2.77. The lowest BCUT2D eigenvalue weighted by molar-refractivity contribution is 0.155. The first kappa shape index (κ1) is 14.2. The van der Waals surface area contributed by atoms with E-state index in [4.69, 9.17) is 4.74 Å². The van der Waals surface area contributed by atoms with Crippen molar-refractivity contribution in [2.45, 2.75) is 51.0 Å². The summed E-state index contributed by atoms with van der Waals surface area (Å²) in [6.07, 6.45) is 9.04. The van der Waals surface area contributed by atoms with E-state index in [-0.39, 0.29) is 0 Å². The molecule has 0 saturated heterocycles. The molecule has 0 radical (unpaired) electrons. The van der Waals surface area contributed by atoms with Gasteiger partial charge in [0.05, 0.1) is 6.10 Å². The average Bonchev–Trinajstić information content (AvgIpc) is 2.55. The Labute approximate surface area is 128 Å². The van der Waals surface area contributed by atoms with Gasteiger partial charge in [0, 0.05) is 0 Å². The van der Waals surface area contributed by atoms with Gasteiger partial charge >= 0.3 is 0 Å². The Bertz CT molecular complexity index is 541. The molecule has 0 amide bonds. The van der Waals surface area contributed by atoms with Gasteiger partial charge in [0.1, 0.15) is 5.75 Å². The molecular weight excluding hydrogens is 256 g/mol. The molecule has 110 valence electrons. The molecule has 0 atom stereocenters. The highest BCUT2D eigenvalue weighted by Gasteiger charge is 2.14. The van der Waals surface area contributed by atoms with Crippen LogP contribution >= 0.6 is 0 Å². The molecule has 1 aliphatic rings. The lowest BCUT2D eigenvalue weighted by Gasteiger charge is -2.23. The number of ether oxygens (including phenoxy) is 1. The summed E-state index contributed by atoms with van der Waals surface area (Å²) in [6.45, 7) is 0. The van der Waals surface area contributed by atoms with Crippen LogP contribution in [0.15, 0.2) is 54.6 Å². The van der Waals surface area contributed by atoms with Gasteiger partial charge in [-0.05, 0) is 61.8 Å².